The highest BCUT2D eigenvalue weighted by Gasteiger charge is 2.31. The molecule has 0 radical (unpaired) electrons. The SMILES string of the molecule is N=C1C(=N)C(=N)C(=N)C1=N. The highest BCUT2D eigenvalue weighted by molar-refractivity contribution is 7.10. The molecule has 0 spiro atoms. The average Bonchev–Trinajstić information content (AvgIpc) is 2.07. The molecule has 50 valence electrons. The van der Waals surface area contributed by atoms with Gasteiger partial charge in [-0.3, -0.25) is 27.0 Å². The Balaban J connectivity index is 3.25. The second kappa shape index (κ2) is 1.66. The molecule has 0 amide bonds. The fraction of sp³-hybridized carbons (Fsp3) is 0. The molecule has 1 aliphatic carbocycles. The van der Waals surface area contributed by atoms with E-state index in [0.29, 0.717) is 0 Å². The van der Waals surface area contributed by atoms with Gasteiger partial charge in [-0.05, 0) is 0 Å². The van der Waals surface area contributed by atoms with Gasteiger partial charge in [0.1, 0.15) is 28.6 Å². The lowest BCUT2D eigenvalue weighted by molar-refractivity contribution is 1.49. The quantitative estimate of drug-likeness (QED) is 0.309. The van der Waals surface area contributed by atoms with Gasteiger partial charge >= 0.3 is 0 Å². The van der Waals surface area contributed by atoms with Crippen molar-refractivity contribution in [3.8, 4) is 0 Å². The Labute approximate surface area is 56.6 Å². The Morgan fingerprint density at radius 1 is 0.400 bits per heavy atom. The molecule has 1 saturated carbocycles. The van der Waals surface area contributed by atoms with Gasteiger partial charge in [0.05, 0.1) is 0 Å². The van der Waals surface area contributed by atoms with Crippen LogP contribution >= 0.6 is 0 Å². The number of nitrogens with one attached hydrogen (secondary N) is 5. The largest absolute Gasteiger partial charge is 0.296 e. The lowest BCUT2D eigenvalue weighted by Crippen LogP contribution is -2.12. The van der Waals surface area contributed by atoms with Crippen LogP contribution in [0.3, 0.4) is 0 Å². The fourth-order valence-electron chi connectivity index (χ4n) is 0.625. The van der Waals surface area contributed by atoms with E-state index < -0.39 is 0 Å². The zero-order chi connectivity index (χ0) is 7.89. The molecule has 0 aromatic rings. The first kappa shape index (κ1) is 6.47. The number of rotatable bonds is 0. The Hall–Kier alpha value is -1.65. The van der Waals surface area contributed by atoms with Gasteiger partial charge in [0.15, 0.2) is 0 Å². The molecule has 10 heavy (non-hydrogen) atoms. The second-order valence-corrected chi connectivity index (χ2v) is 1.88. The van der Waals surface area contributed by atoms with E-state index in [4.69, 9.17) is 27.0 Å². The van der Waals surface area contributed by atoms with Gasteiger partial charge in [-0.1, -0.05) is 0 Å². The lowest BCUT2D eigenvalue weighted by atomic mass is 10.3. The smallest absolute Gasteiger partial charge is 0.109 e. The van der Waals surface area contributed by atoms with Crippen LogP contribution in [0.1, 0.15) is 0 Å². The predicted molar refractivity (Wildman–Crippen MR) is 38.6 cm³/mol. The van der Waals surface area contributed by atoms with Gasteiger partial charge in [0.25, 0.3) is 0 Å². The topological polar surface area (TPSA) is 119 Å². The molecule has 0 unspecified atom stereocenters. The first-order valence-electron chi connectivity index (χ1n) is 2.50. The third kappa shape index (κ3) is 0.540. The minimum Gasteiger partial charge on any atom is -0.296 e. The van der Waals surface area contributed by atoms with E-state index in [9.17, 15) is 0 Å². The van der Waals surface area contributed by atoms with Crippen LogP contribution in [0.2, 0.25) is 0 Å². The lowest BCUT2D eigenvalue weighted by Gasteiger charge is -1.83. The normalized spacial score (nSPS) is 19.0. The van der Waals surface area contributed by atoms with Crippen LogP contribution in [-0.4, -0.2) is 28.6 Å². The molecule has 0 atom stereocenters. The predicted octanol–water partition coefficient (Wildman–Crippen LogP) is 0.0989. The molecular weight excluding hydrogens is 130 g/mol. The summed E-state index contributed by atoms with van der Waals surface area (Å²) in [6.45, 7) is 0. The van der Waals surface area contributed by atoms with Crippen molar-refractivity contribution >= 4 is 28.6 Å². The van der Waals surface area contributed by atoms with E-state index in [1.165, 1.54) is 0 Å². The first-order valence-corrected chi connectivity index (χ1v) is 2.50. The molecule has 0 saturated heterocycles. The number of hydrogen-bond acceptors (Lipinski definition) is 5. The van der Waals surface area contributed by atoms with Crippen molar-refractivity contribution in [3.63, 3.8) is 0 Å². The maximum atomic E-state index is 6.99. The summed E-state index contributed by atoms with van der Waals surface area (Å²) >= 11 is 0. The molecule has 0 heterocycles. The third-order valence-electron chi connectivity index (χ3n) is 1.25. The van der Waals surface area contributed by atoms with Crippen LogP contribution in [0.25, 0.3) is 0 Å². The second-order valence-electron chi connectivity index (χ2n) is 1.88. The van der Waals surface area contributed by atoms with Crippen LogP contribution in [-0.2, 0) is 0 Å². The first-order chi connectivity index (χ1) is 4.55. The van der Waals surface area contributed by atoms with E-state index >= 15 is 0 Å². The van der Waals surface area contributed by atoms with E-state index in [2.05, 4.69) is 0 Å². The van der Waals surface area contributed by atoms with Gasteiger partial charge in [0, 0.05) is 0 Å². The summed E-state index contributed by atoms with van der Waals surface area (Å²) in [5, 5.41) is 35.0. The Morgan fingerprint density at radius 3 is 0.600 bits per heavy atom. The maximum absolute atomic E-state index is 6.99. The molecule has 5 nitrogen and oxygen atoms in total. The summed E-state index contributed by atoms with van der Waals surface area (Å²) in [6.07, 6.45) is 0. The van der Waals surface area contributed by atoms with E-state index in [0.717, 1.165) is 0 Å². The molecule has 1 fully saturated rings. The summed E-state index contributed by atoms with van der Waals surface area (Å²) in [5.41, 5.74) is -1.62. The monoisotopic (exact) mass is 135 g/mol. The summed E-state index contributed by atoms with van der Waals surface area (Å²) < 4.78 is 0. The third-order valence-corrected chi connectivity index (χ3v) is 1.25. The van der Waals surface area contributed by atoms with Crippen molar-refractivity contribution < 1.29 is 0 Å². The number of hydrogen-bond donors (Lipinski definition) is 5. The van der Waals surface area contributed by atoms with Gasteiger partial charge in [-0.25, -0.2) is 0 Å². The van der Waals surface area contributed by atoms with Crippen LogP contribution in [0.5, 0.6) is 0 Å². The summed E-state index contributed by atoms with van der Waals surface area (Å²) in [5.74, 6) is 0. The van der Waals surface area contributed by atoms with Crippen LogP contribution in [0.15, 0.2) is 0 Å². The summed E-state index contributed by atoms with van der Waals surface area (Å²) in [7, 11) is 0. The van der Waals surface area contributed by atoms with E-state index in [-0.39, 0.29) is 28.6 Å². The molecule has 0 aromatic carbocycles. The van der Waals surface area contributed by atoms with Crippen molar-refractivity contribution in [1.29, 1.82) is 27.0 Å². The molecule has 0 aliphatic heterocycles. The maximum Gasteiger partial charge on any atom is 0.109 e. The molecule has 0 aromatic heterocycles. The zero-order valence-corrected chi connectivity index (χ0v) is 5.00. The molecular formula is C5H5N5. The van der Waals surface area contributed by atoms with Crippen molar-refractivity contribution in [2.24, 2.45) is 0 Å². The van der Waals surface area contributed by atoms with Crippen molar-refractivity contribution in [1.82, 2.24) is 0 Å². The Bertz CT molecular complexity index is 195. The highest BCUT2D eigenvalue weighted by atomic mass is 14.7. The summed E-state index contributed by atoms with van der Waals surface area (Å²) in [4.78, 5) is 0. The van der Waals surface area contributed by atoms with Gasteiger partial charge < -0.3 is 0 Å². The van der Waals surface area contributed by atoms with Gasteiger partial charge in [0.2, 0.25) is 0 Å². The highest BCUT2D eigenvalue weighted by Crippen LogP contribution is 1.99. The minimum atomic E-state index is -0.324. The van der Waals surface area contributed by atoms with Crippen molar-refractivity contribution in [3.05, 3.63) is 0 Å². The molecule has 1 aliphatic rings. The standard InChI is InChI=1S/C5H5N5/c6-1-2(7)4(9)5(10)3(1)8/h6-10H. The van der Waals surface area contributed by atoms with Gasteiger partial charge in [-0.15, -0.1) is 0 Å². The van der Waals surface area contributed by atoms with Crippen molar-refractivity contribution in [2.45, 2.75) is 0 Å². The van der Waals surface area contributed by atoms with Crippen LogP contribution in [0.4, 0.5) is 0 Å². The minimum absolute atomic E-state index is 0.324. The Morgan fingerprint density at radius 2 is 0.500 bits per heavy atom. The molecule has 5 N–H and O–H groups in total. The Kier molecular flexibility index (Phi) is 1.08. The van der Waals surface area contributed by atoms with Gasteiger partial charge in [-0.2, -0.15) is 0 Å². The molecule has 5 heteroatoms. The van der Waals surface area contributed by atoms with Crippen LogP contribution < -0.4 is 0 Å². The average molecular weight is 135 g/mol. The molecule has 1 rings (SSSR count). The van der Waals surface area contributed by atoms with E-state index in [1.807, 2.05) is 0 Å². The van der Waals surface area contributed by atoms with E-state index in [1.54, 1.807) is 0 Å². The van der Waals surface area contributed by atoms with Crippen molar-refractivity contribution in [2.75, 3.05) is 0 Å². The zero-order valence-electron chi connectivity index (χ0n) is 5.00. The molecule has 0 bridgehead atoms. The van der Waals surface area contributed by atoms with Crippen LogP contribution in [0, 0.1) is 27.0 Å². The summed E-state index contributed by atoms with van der Waals surface area (Å²) in [6, 6.07) is 0. The fourth-order valence-corrected chi connectivity index (χ4v) is 0.625.